The third-order valence-electron chi connectivity index (χ3n) is 9.48. The summed E-state index contributed by atoms with van der Waals surface area (Å²) in [6.45, 7) is 9.10. The standard InChI is InChI=1S/C33H59NO12/c1-18-14-23(15-27-41-17-20(3)43-27)31(46-33-30(39)28(34(6)7)29(38)21(4)44-33)32(40-8)25(45-22(5)35)16-26(37)42-19(2)12-10-9-11-13-24(18)36/h18-21,23-25,27-33,36,38-39H,9-17H2,1-8H3/t18?,19?,20?,21-,23?,24?,25?,27?,28+,29-,30-,31?,32?,33+/m1/s1. The van der Waals surface area contributed by atoms with Gasteiger partial charge in [0.05, 0.1) is 55.7 Å². The molecule has 0 aromatic heterocycles. The first-order valence-corrected chi connectivity index (χ1v) is 16.9. The summed E-state index contributed by atoms with van der Waals surface area (Å²) in [5, 5.41) is 33.5. The molecule has 3 aliphatic heterocycles. The first kappa shape index (κ1) is 39.0. The molecule has 0 saturated carbocycles. The summed E-state index contributed by atoms with van der Waals surface area (Å²) in [5.74, 6) is -1.77. The number of carbonyl (C=O) groups excluding carboxylic acids is 2. The quantitative estimate of drug-likeness (QED) is 0.341. The highest BCUT2D eigenvalue weighted by molar-refractivity contribution is 5.71. The first-order valence-electron chi connectivity index (χ1n) is 16.9. The summed E-state index contributed by atoms with van der Waals surface area (Å²) >= 11 is 0. The minimum Gasteiger partial charge on any atom is -0.463 e. The van der Waals surface area contributed by atoms with Gasteiger partial charge in [0.1, 0.15) is 18.3 Å². The molecule has 268 valence electrons. The van der Waals surface area contributed by atoms with E-state index in [2.05, 4.69) is 0 Å². The number of carbonyl (C=O) groups is 2. The minimum atomic E-state index is -1.26. The average molecular weight is 662 g/mol. The second kappa shape index (κ2) is 18.4. The lowest BCUT2D eigenvalue weighted by Gasteiger charge is -2.47. The van der Waals surface area contributed by atoms with Crippen molar-refractivity contribution >= 4 is 11.9 Å². The summed E-state index contributed by atoms with van der Waals surface area (Å²) < 4.78 is 42.1. The monoisotopic (exact) mass is 661 g/mol. The molecule has 0 radical (unpaired) electrons. The van der Waals surface area contributed by atoms with E-state index in [1.165, 1.54) is 14.0 Å². The van der Waals surface area contributed by atoms with Crippen LogP contribution in [0, 0.1) is 11.8 Å². The van der Waals surface area contributed by atoms with E-state index >= 15 is 0 Å². The van der Waals surface area contributed by atoms with Gasteiger partial charge in [-0.1, -0.05) is 19.8 Å². The van der Waals surface area contributed by atoms with Crippen molar-refractivity contribution in [2.45, 2.75) is 160 Å². The number of likely N-dealkylation sites (N-methyl/N-ethyl adjacent to an activating group) is 1. The maximum absolute atomic E-state index is 13.2. The molecule has 3 rings (SSSR count). The maximum atomic E-state index is 13.2. The molecule has 13 heteroatoms. The Morgan fingerprint density at radius 3 is 2.26 bits per heavy atom. The van der Waals surface area contributed by atoms with Crippen LogP contribution in [0.15, 0.2) is 0 Å². The number of aliphatic hydroxyl groups excluding tert-OH is 3. The summed E-state index contributed by atoms with van der Waals surface area (Å²) in [4.78, 5) is 27.3. The largest absolute Gasteiger partial charge is 0.463 e. The van der Waals surface area contributed by atoms with E-state index in [1.807, 2.05) is 20.8 Å². The molecule has 0 spiro atoms. The fraction of sp³-hybridized carbons (Fsp3) is 0.939. The van der Waals surface area contributed by atoms with Crippen LogP contribution in [0.2, 0.25) is 0 Å². The molecule has 0 aromatic rings. The lowest BCUT2D eigenvalue weighted by atomic mass is 9.81. The number of rotatable bonds is 7. The zero-order chi connectivity index (χ0) is 34.1. The Hall–Kier alpha value is -1.42. The van der Waals surface area contributed by atoms with Crippen LogP contribution in [-0.4, -0.2) is 134 Å². The fourth-order valence-electron chi connectivity index (χ4n) is 6.98. The molecule has 3 saturated heterocycles. The van der Waals surface area contributed by atoms with E-state index in [4.69, 9.17) is 33.2 Å². The zero-order valence-electron chi connectivity index (χ0n) is 28.9. The Morgan fingerprint density at radius 2 is 1.65 bits per heavy atom. The summed E-state index contributed by atoms with van der Waals surface area (Å²) in [6, 6.07) is -0.705. The van der Waals surface area contributed by atoms with Crippen molar-refractivity contribution in [2.24, 2.45) is 11.8 Å². The molecule has 9 unspecified atom stereocenters. The summed E-state index contributed by atoms with van der Waals surface area (Å²) in [5.41, 5.74) is 0. The van der Waals surface area contributed by atoms with Crippen molar-refractivity contribution in [3.05, 3.63) is 0 Å². The van der Waals surface area contributed by atoms with Gasteiger partial charge in [0.2, 0.25) is 0 Å². The SMILES string of the molecule is COC1C(OC(C)=O)CC(=O)OC(C)CCCCCC(O)C(C)CC(CC2OCC(C)O2)C1O[C@@H]1O[C@H](C)[C@@H](O)[C@H](N(C)C)[C@H]1O. The number of esters is 2. The fourth-order valence-corrected chi connectivity index (χ4v) is 6.98. The van der Waals surface area contributed by atoms with Gasteiger partial charge >= 0.3 is 11.9 Å². The normalized spacial score (nSPS) is 42.5. The van der Waals surface area contributed by atoms with E-state index in [1.54, 1.807) is 25.9 Å². The molecule has 46 heavy (non-hydrogen) atoms. The van der Waals surface area contributed by atoms with Crippen molar-refractivity contribution in [3.8, 4) is 0 Å². The molecule has 3 heterocycles. The van der Waals surface area contributed by atoms with E-state index in [-0.39, 0.29) is 24.5 Å². The molecule has 13 nitrogen and oxygen atoms in total. The van der Waals surface area contributed by atoms with Gasteiger partial charge in [0.25, 0.3) is 0 Å². The van der Waals surface area contributed by atoms with E-state index in [0.717, 1.165) is 19.3 Å². The Bertz CT molecular complexity index is 938. The van der Waals surface area contributed by atoms with Crippen molar-refractivity contribution < 1.29 is 58.1 Å². The van der Waals surface area contributed by atoms with Crippen molar-refractivity contribution in [2.75, 3.05) is 27.8 Å². The lowest BCUT2D eigenvalue weighted by molar-refractivity contribution is -0.311. The van der Waals surface area contributed by atoms with Gasteiger partial charge < -0.3 is 53.4 Å². The number of methoxy groups -OCH3 is 1. The second-order valence-corrected chi connectivity index (χ2v) is 13.7. The highest BCUT2D eigenvalue weighted by Gasteiger charge is 2.49. The van der Waals surface area contributed by atoms with Crippen LogP contribution >= 0.6 is 0 Å². The molecule has 3 N–H and O–H groups in total. The highest BCUT2D eigenvalue weighted by atomic mass is 16.7. The maximum Gasteiger partial charge on any atom is 0.309 e. The molecule has 3 aliphatic rings. The molecule has 0 amide bonds. The van der Waals surface area contributed by atoms with Gasteiger partial charge in [0, 0.05) is 20.5 Å². The predicted octanol–water partition coefficient (Wildman–Crippen LogP) is 2.16. The van der Waals surface area contributed by atoms with Crippen LogP contribution in [-0.2, 0) is 42.7 Å². The Kier molecular flexibility index (Phi) is 15.6. The Balaban J connectivity index is 2.08. The van der Waals surface area contributed by atoms with E-state index in [9.17, 15) is 24.9 Å². The average Bonchev–Trinajstić information content (AvgIpc) is 3.38. The van der Waals surface area contributed by atoms with Gasteiger partial charge in [-0.3, -0.25) is 9.59 Å². The van der Waals surface area contributed by atoms with Gasteiger partial charge in [-0.15, -0.1) is 0 Å². The summed E-state index contributed by atoms with van der Waals surface area (Å²) in [6.07, 6.45) is -4.54. The van der Waals surface area contributed by atoms with Crippen LogP contribution in [0.3, 0.4) is 0 Å². The van der Waals surface area contributed by atoms with Gasteiger partial charge in [-0.25, -0.2) is 0 Å². The van der Waals surface area contributed by atoms with E-state index < -0.39 is 79.2 Å². The van der Waals surface area contributed by atoms with Crippen LogP contribution in [0.1, 0.15) is 86.0 Å². The van der Waals surface area contributed by atoms with Crippen LogP contribution in [0.25, 0.3) is 0 Å². The lowest BCUT2D eigenvalue weighted by Crippen LogP contribution is -2.63. The topological polar surface area (TPSA) is 163 Å². The molecule has 0 bridgehead atoms. The number of nitrogens with zero attached hydrogens (tertiary/aromatic N) is 1. The van der Waals surface area contributed by atoms with Crippen molar-refractivity contribution in [3.63, 3.8) is 0 Å². The third-order valence-corrected chi connectivity index (χ3v) is 9.48. The smallest absolute Gasteiger partial charge is 0.309 e. The molecule has 0 aliphatic carbocycles. The van der Waals surface area contributed by atoms with Crippen LogP contribution in [0.5, 0.6) is 0 Å². The Labute approximate surface area is 274 Å². The van der Waals surface area contributed by atoms with Gasteiger partial charge in [-0.2, -0.15) is 0 Å². The van der Waals surface area contributed by atoms with Gasteiger partial charge in [0.15, 0.2) is 12.6 Å². The van der Waals surface area contributed by atoms with E-state index in [0.29, 0.717) is 32.3 Å². The van der Waals surface area contributed by atoms with Gasteiger partial charge in [-0.05, 0) is 72.4 Å². The van der Waals surface area contributed by atoms with Crippen molar-refractivity contribution in [1.29, 1.82) is 0 Å². The number of hydrogen-bond donors (Lipinski definition) is 3. The zero-order valence-corrected chi connectivity index (χ0v) is 28.9. The first-order chi connectivity index (χ1) is 21.7. The number of cyclic esters (lactones) is 1. The van der Waals surface area contributed by atoms with Crippen molar-refractivity contribution in [1.82, 2.24) is 4.90 Å². The molecule has 0 aromatic carbocycles. The number of ether oxygens (including phenoxy) is 7. The highest BCUT2D eigenvalue weighted by Crippen LogP contribution is 2.36. The molecular formula is C33H59NO12. The number of aliphatic hydroxyl groups is 3. The van der Waals surface area contributed by atoms with Crippen LogP contribution < -0.4 is 0 Å². The molecule has 14 atom stereocenters. The van der Waals surface area contributed by atoms with Crippen LogP contribution in [0.4, 0.5) is 0 Å². The Morgan fingerprint density at radius 1 is 0.957 bits per heavy atom. The molecular weight excluding hydrogens is 602 g/mol. The third kappa shape index (κ3) is 11.1. The number of hydrogen-bond acceptors (Lipinski definition) is 13. The predicted molar refractivity (Wildman–Crippen MR) is 166 cm³/mol. The second-order valence-electron chi connectivity index (χ2n) is 13.7. The molecule has 3 fully saturated rings. The minimum absolute atomic E-state index is 0.117. The summed E-state index contributed by atoms with van der Waals surface area (Å²) in [7, 11) is 4.94.